The minimum Gasteiger partial charge on any atom is -0.459 e. The Morgan fingerprint density at radius 1 is 1.52 bits per heavy atom. The molecule has 21 heavy (non-hydrogen) atoms. The van der Waals surface area contributed by atoms with E-state index in [4.69, 9.17) is 9.47 Å². The van der Waals surface area contributed by atoms with Crippen LogP contribution in [0.15, 0.2) is 12.2 Å². The first-order valence-corrected chi connectivity index (χ1v) is 7.86. The zero-order chi connectivity index (χ0) is 16.3. The molecule has 4 nitrogen and oxygen atoms in total. The molecule has 0 radical (unpaired) electrons. The van der Waals surface area contributed by atoms with Crippen molar-refractivity contribution in [3.05, 3.63) is 12.2 Å². The predicted octanol–water partition coefficient (Wildman–Crippen LogP) is 3.37. The summed E-state index contributed by atoms with van der Waals surface area (Å²) >= 11 is 0. The van der Waals surface area contributed by atoms with Gasteiger partial charge in [-0.25, -0.2) is 4.79 Å². The van der Waals surface area contributed by atoms with Crippen molar-refractivity contribution in [2.24, 2.45) is 0 Å². The molecule has 0 spiro atoms. The van der Waals surface area contributed by atoms with Gasteiger partial charge in [-0.05, 0) is 53.4 Å². The molecule has 1 rings (SSSR count). The number of ether oxygens (including phenoxy) is 2. The number of hydrogen-bond acceptors (Lipinski definition) is 4. The molecule has 3 atom stereocenters. The van der Waals surface area contributed by atoms with E-state index in [2.05, 4.69) is 13.5 Å². The number of carbonyl (C=O) groups excluding carboxylic acids is 1. The van der Waals surface area contributed by atoms with Crippen LogP contribution in [0.2, 0.25) is 0 Å². The average molecular weight is 298 g/mol. The fourth-order valence-corrected chi connectivity index (χ4v) is 2.65. The van der Waals surface area contributed by atoms with Crippen molar-refractivity contribution in [1.82, 2.24) is 0 Å². The Labute approximate surface area is 128 Å². The van der Waals surface area contributed by atoms with Crippen molar-refractivity contribution in [3.8, 4) is 0 Å². The fourth-order valence-electron chi connectivity index (χ4n) is 2.65. The summed E-state index contributed by atoms with van der Waals surface area (Å²) in [6, 6.07) is 0. The van der Waals surface area contributed by atoms with Crippen LogP contribution in [0.3, 0.4) is 0 Å². The van der Waals surface area contributed by atoms with Crippen molar-refractivity contribution in [2.75, 3.05) is 0 Å². The molecular weight excluding hydrogens is 268 g/mol. The highest BCUT2D eigenvalue weighted by molar-refractivity contribution is 5.87. The molecule has 0 aromatic carbocycles. The number of rotatable bonds is 6. The van der Waals surface area contributed by atoms with Crippen LogP contribution in [-0.2, 0) is 14.3 Å². The van der Waals surface area contributed by atoms with Gasteiger partial charge >= 0.3 is 5.97 Å². The molecular formula is C17H30O4. The van der Waals surface area contributed by atoms with Crippen LogP contribution in [0, 0.1) is 0 Å². The second kappa shape index (κ2) is 6.93. The molecule has 122 valence electrons. The van der Waals surface area contributed by atoms with Crippen LogP contribution in [0.25, 0.3) is 0 Å². The summed E-state index contributed by atoms with van der Waals surface area (Å²) in [7, 11) is 0. The van der Waals surface area contributed by atoms with Crippen molar-refractivity contribution in [3.63, 3.8) is 0 Å². The molecule has 1 saturated carbocycles. The lowest BCUT2D eigenvalue weighted by Gasteiger charge is -2.43. The molecule has 1 N–H and O–H groups in total. The van der Waals surface area contributed by atoms with E-state index < -0.39 is 5.60 Å². The van der Waals surface area contributed by atoms with Crippen LogP contribution in [0.4, 0.5) is 0 Å². The van der Waals surface area contributed by atoms with Gasteiger partial charge in [0.05, 0.1) is 17.3 Å². The number of carbonyl (C=O) groups is 1. The molecule has 0 bridgehead atoms. The van der Waals surface area contributed by atoms with Crippen LogP contribution in [0.1, 0.15) is 66.7 Å². The van der Waals surface area contributed by atoms with E-state index in [0.29, 0.717) is 12.0 Å². The highest BCUT2D eigenvalue weighted by Gasteiger charge is 2.40. The molecule has 0 aromatic heterocycles. The van der Waals surface area contributed by atoms with Crippen molar-refractivity contribution in [2.45, 2.75) is 90.1 Å². The van der Waals surface area contributed by atoms with Gasteiger partial charge < -0.3 is 14.6 Å². The third kappa shape index (κ3) is 5.11. The Morgan fingerprint density at radius 3 is 2.62 bits per heavy atom. The first-order chi connectivity index (χ1) is 9.59. The van der Waals surface area contributed by atoms with Gasteiger partial charge in [-0.2, -0.15) is 0 Å². The zero-order valence-electron chi connectivity index (χ0n) is 14.1. The van der Waals surface area contributed by atoms with Gasteiger partial charge in [-0.1, -0.05) is 13.5 Å². The van der Waals surface area contributed by atoms with Gasteiger partial charge in [0.2, 0.25) is 0 Å². The van der Waals surface area contributed by atoms with E-state index >= 15 is 0 Å². The Kier molecular flexibility index (Phi) is 6.00. The zero-order valence-corrected chi connectivity index (χ0v) is 14.1. The quantitative estimate of drug-likeness (QED) is 0.603. The maximum atomic E-state index is 11.7. The molecule has 0 amide bonds. The van der Waals surface area contributed by atoms with E-state index in [-0.39, 0.29) is 23.8 Å². The predicted molar refractivity (Wildman–Crippen MR) is 83.0 cm³/mol. The second-order valence-electron chi connectivity index (χ2n) is 6.85. The minimum absolute atomic E-state index is 0.128. The SMILES string of the molecule is C=C(C)C(=O)OC1CCCC(CC)(OC(C)C(C)(C)O)C1. The Hall–Kier alpha value is -0.870. The highest BCUT2D eigenvalue weighted by atomic mass is 16.6. The topological polar surface area (TPSA) is 55.8 Å². The van der Waals surface area contributed by atoms with Gasteiger partial charge in [0.1, 0.15) is 6.10 Å². The summed E-state index contributed by atoms with van der Waals surface area (Å²) in [5.74, 6) is -0.331. The van der Waals surface area contributed by atoms with Gasteiger partial charge in [0.25, 0.3) is 0 Å². The van der Waals surface area contributed by atoms with Gasteiger partial charge in [-0.3, -0.25) is 0 Å². The summed E-state index contributed by atoms with van der Waals surface area (Å²) < 4.78 is 11.7. The summed E-state index contributed by atoms with van der Waals surface area (Å²) in [6.45, 7) is 12.8. The largest absolute Gasteiger partial charge is 0.459 e. The van der Waals surface area contributed by atoms with E-state index in [1.54, 1.807) is 20.8 Å². The molecule has 0 aliphatic heterocycles. The van der Waals surface area contributed by atoms with Gasteiger partial charge in [0.15, 0.2) is 0 Å². The highest BCUT2D eigenvalue weighted by Crippen LogP contribution is 2.38. The summed E-state index contributed by atoms with van der Waals surface area (Å²) in [6.07, 6.45) is 3.88. The smallest absolute Gasteiger partial charge is 0.333 e. The van der Waals surface area contributed by atoms with E-state index in [0.717, 1.165) is 25.7 Å². The third-order valence-electron chi connectivity index (χ3n) is 4.45. The van der Waals surface area contributed by atoms with Crippen LogP contribution in [-0.4, -0.2) is 34.5 Å². The maximum Gasteiger partial charge on any atom is 0.333 e. The maximum absolute atomic E-state index is 11.7. The Balaban J connectivity index is 2.73. The standard InChI is InChI=1S/C17H30O4/c1-7-17(21-13(4)16(5,6)19)10-8-9-14(11-17)20-15(18)12(2)3/h13-14,19H,2,7-11H2,1,3-6H3. The molecule has 3 unspecified atom stereocenters. The number of esters is 1. The van der Waals surface area contributed by atoms with Crippen molar-refractivity contribution >= 4 is 5.97 Å². The Morgan fingerprint density at radius 2 is 2.14 bits per heavy atom. The van der Waals surface area contributed by atoms with Crippen LogP contribution in [0.5, 0.6) is 0 Å². The number of hydrogen-bond donors (Lipinski definition) is 1. The monoisotopic (exact) mass is 298 g/mol. The summed E-state index contributed by atoms with van der Waals surface area (Å²) in [5.41, 5.74) is -0.783. The minimum atomic E-state index is -0.885. The first-order valence-electron chi connectivity index (χ1n) is 7.86. The molecule has 1 fully saturated rings. The van der Waals surface area contributed by atoms with Crippen LogP contribution < -0.4 is 0 Å². The third-order valence-corrected chi connectivity index (χ3v) is 4.45. The summed E-state index contributed by atoms with van der Waals surface area (Å²) in [5, 5.41) is 10.1. The van der Waals surface area contributed by atoms with Crippen LogP contribution >= 0.6 is 0 Å². The van der Waals surface area contributed by atoms with E-state index in [1.807, 2.05) is 6.92 Å². The molecule has 0 heterocycles. The molecule has 1 aliphatic rings. The molecule has 0 aromatic rings. The van der Waals surface area contributed by atoms with Gasteiger partial charge in [0, 0.05) is 12.0 Å². The molecule has 0 saturated heterocycles. The van der Waals surface area contributed by atoms with Gasteiger partial charge in [-0.15, -0.1) is 0 Å². The fraction of sp³-hybridized carbons (Fsp3) is 0.824. The lowest BCUT2D eigenvalue weighted by atomic mass is 9.80. The second-order valence-corrected chi connectivity index (χ2v) is 6.85. The molecule has 4 heteroatoms. The van der Waals surface area contributed by atoms with E-state index in [9.17, 15) is 9.90 Å². The average Bonchev–Trinajstić information content (AvgIpc) is 2.37. The lowest BCUT2D eigenvalue weighted by molar-refractivity contribution is -0.187. The Bertz CT molecular complexity index is 383. The number of aliphatic hydroxyl groups is 1. The lowest BCUT2D eigenvalue weighted by Crippen LogP contribution is -2.48. The van der Waals surface area contributed by atoms with Crippen molar-refractivity contribution < 1.29 is 19.4 Å². The first kappa shape index (κ1) is 18.2. The van der Waals surface area contributed by atoms with E-state index in [1.165, 1.54) is 0 Å². The normalized spacial score (nSPS) is 28.0. The van der Waals surface area contributed by atoms with Crippen molar-refractivity contribution in [1.29, 1.82) is 0 Å². The molecule has 1 aliphatic carbocycles. The summed E-state index contributed by atoms with van der Waals surface area (Å²) in [4.78, 5) is 11.7.